The topological polar surface area (TPSA) is 94.2 Å². The van der Waals surface area contributed by atoms with Crippen molar-refractivity contribution in [2.24, 2.45) is 0 Å². The van der Waals surface area contributed by atoms with Crippen LogP contribution in [0.3, 0.4) is 0 Å². The monoisotopic (exact) mass is 446 g/mol. The second kappa shape index (κ2) is 9.95. The van der Waals surface area contributed by atoms with Crippen molar-refractivity contribution < 1.29 is 27.4 Å². The van der Waals surface area contributed by atoms with Crippen LogP contribution in [-0.2, 0) is 19.6 Å². The lowest BCUT2D eigenvalue weighted by Crippen LogP contribution is -2.40. The summed E-state index contributed by atoms with van der Waals surface area (Å²) in [6.45, 7) is 3.23. The predicted molar refractivity (Wildman–Crippen MR) is 118 cm³/mol. The average Bonchev–Trinajstić information content (AvgIpc) is 2.78. The van der Waals surface area contributed by atoms with Crippen LogP contribution < -0.4 is 14.8 Å². The Balaban J connectivity index is 1.83. The average molecular weight is 447 g/mol. The molecule has 9 heteroatoms. The van der Waals surface area contributed by atoms with Crippen LogP contribution in [0.1, 0.15) is 11.1 Å². The van der Waals surface area contributed by atoms with Crippen LogP contribution in [0.25, 0.3) is 6.08 Å². The van der Waals surface area contributed by atoms with Crippen LogP contribution in [0.4, 0.5) is 5.69 Å². The van der Waals surface area contributed by atoms with E-state index < -0.39 is 15.9 Å². The van der Waals surface area contributed by atoms with Crippen molar-refractivity contribution in [1.82, 2.24) is 4.31 Å². The molecule has 1 fully saturated rings. The van der Waals surface area contributed by atoms with Gasteiger partial charge in [0.2, 0.25) is 15.9 Å². The van der Waals surface area contributed by atoms with E-state index >= 15 is 0 Å². The Morgan fingerprint density at radius 3 is 2.42 bits per heavy atom. The number of anilines is 1. The van der Waals surface area contributed by atoms with Crippen molar-refractivity contribution in [3.63, 3.8) is 0 Å². The van der Waals surface area contributed by atoms with Crippen LogP contribution in [0.2, 0.25) is 0 Å². The number of rotatable bonds is 7. The molecule has 2 aromatic rings. The van der Waals surface area contributed by atoms with Crippen molar-refractivity contribution in [2.45, 2.75) is 11.8 Å². The van der Waals surface area contributed by atoms with E-state index in [1.54, 1.807) is 13.2 Å². The van der Waals surface area contributed by atoms with Gasteiger partial charge in [0, 0.05) is 24.7 Å². The Morgan fingerprint density at radius 1 is 1.06 bits per heavy atom. The lowest BCUT2D eigenvalue weighted by Gasteiger charge is -2.26. The van der Waals surface area contributed by atoms with E-state index in [9.17, 15) is 13.2 Å². The third-order valence-corrected chi connectivity index (χ3v) is 6.73. The van der Waals surface area contributed by atoms with Crippen LogP contribution in [0, 0.1) is 6.92 Å². The Kier molecular flexibility index (Phi) is 7.32. The van der Waals surface area contributed by atoms with Crippen LogP contribution >= 0.6 is 0 Å². The molecule has 0 aliphatic carbocycles. The number of ether oxygens (including phenoxy) is 3. The van der Waals surface area contributed by atoms with Crippen LogP contribution in [0.15, 0.2) is 47.4 Å². The minimum Gasteiger partial charge on any atom is -0.496 e. The molecular formula is C22H26N2O6S. The molecule has 0 bridgehead atoms. The van der Waals surface area contributed by atoms with Crippen LogP contribution in [0.5, 0.6) is 11.5 Å². The summed E-state index contributed by atoms with van der Waals surface area (Å²) in [5, 5.41) is 2.70. The first-order valence-electron chi connectivity index (χ1n) is 9.75. The van der Waals surface area contributed by atoms with E-state index in [0.29, 0.717) is 24.7 Å². The van der Waals surface area contributed by atoms with Crippen molar-refractivity contribution >= 4 is 27.7 Å². The summed E-state index contributed by atoms with van der Waals surface area (Å²) in [7, 11) is -0.687. The highest BCUT2D eigenvalue weighted by molar-refractivity contribution is 7.89. The molecule has 1 N–H and O–H groups in total. The van der Waals surface area contributed by atoms with E-state index in [2.05, 4.69) is 5.32 Å². The number of hydrogen-bond acceptors (Lipinski definition) is 6. The molecule has 0 spiro atoms. The molecule has 0 unspecified atom stereocenters. The first kappa shape index (κ1) is 22.8. The number of methoxy groups -OCH3 is 2. The number of nitrogens with one attached hydrogen (secondary N) is 1. The number of carbonyl (C=O) groups excluding carboxylic acids is 1. The maximum absolute atomic E-state index is 12.9. The molecule has 1 amide bonds. The molecule has 0 saturated carbocycles. The van der Waals surface area contributed by atoms with Gasteiger partial charge in [-0.1, -0.05) is 11.6 Å². The molecule has 31 heavy (non-hydrogen) atoms. The summed E-state index contributed by atoms with van der Waals surface area (Å²) in [5.74, 6) is 0.574. The molecule has 8 nitrogen and oxygen atoms in total. The van der Waals surface area contributed by atoms with E-state index in [4.69, 9.17) is 14.2 Å². The van der Waals surface area contributed by atoms with E-state index in [-0.39, 0.29) is 23.7 Å². The minimum absolute atomic E-state index is 0.0785. The highest BCUT2D eigenvalue weighted by atomic mass is 32.2. The van der Waals surface area contributed by atoms with Crippen LogP contribution in [-0.4, -0.2) is 59.2 Å². The molecule has 0 radical (unpaired) electrons. The Labute approximate surface area is 182 Å². The zero-order valence-electron chi connectivity index (χ0n) is 17.8. The van der Waals surface area contributed by atoms with Crippen molar-refractivity contribution in [1.29, 1.82) is 0 Å². The number of amides is 1. The first-order chi connectivity index (χ1) is 14.8. The minimum atomic E-state index is -3.70. The van der Waals surface area contributed by atoms with Crippen molar-refractivity contribution in [3.8, 4) is 11.5 Å². The largest absolute Gasteiger partial charge is 0.496 e. The number of nitrogens with zero attached hydrogens (tertiary/aromatic N) is 1. The predicted octanol–water partition coefficient (Wildman–Crippen LogP) is 2.69. The lowest BCUT2D eigenvalue weighted by atomic mass is 10.1. The maximum atomic E-state index is 12.9. The van der Waals surface area contributed by atoms with Crippen molar-refractivity contribution in [3.05, 3.63) is 53.6 Å². The third-order valence-electron chi connectivity index (χ3n) is 4.84. The lowest BCUT2D eigenvalue weighted by molar-refractivity contribution is -0.111. The van der Waals surface area contributed by atoms with Crippen molar-refractivity contribution in [2.75, 3.05) is 45.8 Å². The van der Waals surface area contributed by atoms with Gasteiger partial charge in [-0.05, 0) is 43.3 Å². The molecule has 3 rings (SSSR count). The van der Waals surface area contributed by atoms with E-state index in [0.717, 1.165) is 11.1 Å². The second-order valence-electron chi connectivity index (χ2n) is 6.95. The smallest absolute Gasteiger partial charge is 0.248 e. The van der Waals surface area contributed by atoms with Gasteiger partial charge in [0.15, 0.2) is 0 Å². The molecule has 166 valence electrons. The number of hydrogen-bond donors (Lipinski definition) is 1. The first-order valence-corrected chi connectivity index (χ1v) is 11.2. The Hall–Kier alpha value is -2.88. The number of benzene rings is 2. The quantitative estimate of drug-likeness (QED) is 0.658. The van der Waals surface area contributed by atoms with Gasteiger partial charge in [0.1, 0.15) is 11.5 Å². The summed E-state index contributed by atoms with van der Waals surface area (Å²) in [6.07, 6.45) is 3.00. The summed E-state index contributed by atoms with van der Waals surface area (Å²) in [5.41, 5.74) is 2.06. The molecule has 0 aromatic heterocycles. The number of carbonyl (C=O) groups is 1. The normalized spacial score (nSPS) is 15.1. The summed E-state index contributed by atoms with van der Waals surface area (Å²) in [6, 6.07) is 10.0. The molecule has 1 heterocycles. The molecular weight excluding hydrogens is 420 g/mol. The standard InChI is InChI=1S/C22H26N2O6S/c1-16-4-7-20(28-2)17(14-16)5-9-22(25)23-19-15-18(6-8-21(19)29-3)31(26,27)24-10-12-30-13-11-24/h4-9,14-15H,10-13H2,1-3H3,(H,23,25). The highest BCUT2D eigenvalue weighted by Crippen LogP contribution is 2.29. The van der Waals surface area contributed by atoms with Gasteiger partial charge >= 0.3 is 0 Å². The highest BCUT2D eigenvalue weighted by Gasteiger charge is 2.27. The summed E-state index contributed by atoms with van der Waals surface area (Å²) in [4.78, 5) is 12.6. The Morgan fingerprint density at radius 2 is 1.74 bits per heavy atom. The van der Waals surface area contributed by atoms with Gasteiger partial charge < -0.3 is 19.5 Å². The fourth-order valence-electron chi connectivity index (χ4n) is 3.21. The number of morpholine rings is 1. The van der Waals surface area contributed by atoms with Gasteiger partial charge in [0.25, 0.3) is 0 Å². The number of aryl methyl sites for hydroxylation is 1. The Bertz CT molecular complexity index is 1080. The molecule has 1 aliphatic heterocycles. The number of sulfonamides is 1. The summed E-state index contributed by atoms with van der Waals surface area (Å²) >= 11 is 0. The van der Waals surface area contributed by atoms with E-state index in [1.807, 2.05) is 25.1 Å². The van der Waals surface area contributed by atoms with Gasteiger partial charge in [-0.2, -0.15) is 4.31 Å². The molecule has 1 saturated heterocycles. The van der Waals surface area contributed by atoms with Gasteiger partial charge in [-0.15, -0.1) is 0 Å². The zero-order valence-corrected chi connectivity index (χ0v) is 18.6. The maximum Gasteiger partial charge on any atom is 0.248 e. The zero-order chi connectivity index (χ0) is 22.4. The fraction of sp³-hybridized carbons (Fsp3) is 0.318. The van der Waals surface area contributed by atoms with E-state index in [1.165, 1.54) is 35.7 Å². The molecule has 0 atom stereocenters. The van der Waals surface area contributed by atoms with Gasteiger partial charge in [-0.3, -0.25) is 4.79 Å². The van der Waals surface area contributed by atoms with Gasteiger partial charge in [-0.25, -0.2) is 8.42 Å². The SMILES string of the molecule is COc1ccc(C)cc1C=CC(=O)Nc1cc(S(=O)(=O)N2CCOCC2)ccc1OC. The molecule has 2 aromatic carbocycles. The third kappa shape index (κ3) is 5.43. The van der Waals surface area contributed by atoms with Gasteiger partial charge in [0.05, 0.1) is 38.0 Å². The molecule has 1 aliphatic rings. The summed E-state index contributed by atoms with van der Waals surface area (Å²) < 4.78 is 43.1. The fourth-order valence-corrected chi connectivity index (χ4v) is 4.64. The second-order valence-corrected chi connectivity index (χ2v) is 8.88.